The van der Waals surface area contributed by atoms with Crippen LogP contribution in [0.2, 0.25) is 0 Å². The number of nitrogens with zero attached hydrogens (tertiary/aromatic N) is 2. The number of nitrogens with two attached hydrogens (primary N) is 1. The molecule has 0 bridgehead atoms. The Kier molecular flexibility index (Phi) is 4.69. The molecular formula is C14H23N3O. The summed E-state index contributed by atoms with van der Waals surface area (Å²) in [6.07, 6.45) is 5.91. The number of rotatable bonds is 5. The van der Waals surface area contributed by atoms with E-state index in [1.165, 1.54) is 5.56 Å². The quantitative estimate of drug-likeness (QED) is 0.857. The van der Waals surface area contributed by atoms with Gasteiger partial charge >= 0.3 is 0 Å². The van der Waals surface area contributed by atoms with Gasteiger partial charge in [0.2, 0.25) is 0 Å². The van der Waals surface area contributed by atoms with Gasteiger partial charge in [-0.25, -0.2) is 0 Å². The molecule has 0 amide bonds. The van der Waals surface area contributed by atoms with Crippen molar-refractivity contribution >= 4 is 0 Å². The number of pyridine rings is 1. The lowest BCUT2D eigenvalue weighted by Gasteiger charge is -2.45. The van der Waals surface area contributed by atoms with Crippen LogP contribution >= 0.6 is 0 Å². The van der Waals surface area contributed by atoms with Gasteiger partial charge in [-0.05, 0) is 37.1 Å². The molecule has 1 aromatic rings. The Morgan fingerprint density at radius 3 is 2.78 bits per heavy atom. The average molecular weight is 249 g/mol. The largest absolute Gasteiger partial charge is 0.379 e. The van der Waals surface area contributed by atoms with E-state index < -0.39 is 0 Å². The molecule has 0 aromatic carbocycles. The highest BCUT2D eigenvalue weighted by Crippen LogP contribution is 2.26. The Labute approximate surface area is 109 Å². The van der Waals surface area contributed by atoms with Gasteiger partial charge in [0.25, 0.3) is 0 Å². The Morgan fingerprint density at radius 1 is 1.44 bits per heavy atom. The molecule has 1 atom stereocenters. The first kappa shape index (κ1) is 13.5. The van der Waals surface area contributed by atoms with Gasteiger partial charge in [0.1, 0.15) is 0 Å². The fourth-order valence-corrected chi connectivity index (χ4v) is 2.70. The standard InChI is InChI=1S/C14H23N3O/c1-2-17(10-13-4-7-16-8-5-13)14(11-15)6-3-9-18-12-14/h4-5,7-8H,2-3,6,9-12,15H2,1H3. The minimum Gasteiger partial charge on any atom is -0.379 e. The van der Waals surface area contributed by atoms with Gasteiger partial charge in [-0.15, -0.1) is 0 Å². The van der Waals surface area contributed by atoms with Crippen molar-refractivity contribution in [3.63, 3.8) is 0 Å². The van der Waals surface area contributed by atoms with E-state index in [2.05, 4.69) is 28.9 Å². The summed E-state index contributed by atoms with van der Waals surface area (Å²) in [5.41, 5.74) is 7.33. The molecule has 0 aliphatic carbocycles. The van der Waals surface area contributed by atoms with Gasteiger partial charge in [0.05, 0.1) is 12.1 Å². The zero-order chi connectivity index (χ0) is 12.8. The van der Waals surface area contributed by atoms with E-state index in [-0.39, 0.29) is 5.54 Å². The molecule has 1 saturated heterocycles. The van der Waals surface area contributed by atoms with Gasteiger partial charge in [-0.1, -0.05) is 6.92 Å². The lowest BCUT2D eigenvalue weighted by molar-refractivity contribution is -0.0468. The summed E-state index contributed by atoms with van der Waals surface area (Å²) in [5.74, 6) is 0. The van der Waals surface area contributed by atoms with Crippen LogP contribution in [0.15, 0.2) is 24.5 Å². The first-order valence-corrected chi connectivity index (χ1v) is 6.72. The fourth-order valence-electron chi connectivity index (χ4n) is 2.70. The lowest BCUT2D eigenvalue weighted by atomic mass is 9.90. The van der Waals surface area contributed by atoms with Crippen LogP contribution in [-0.4, -0.2) is 41.7 Å². The van der Waals surface area contributed by atoms with Gasteiger partial charge in [-0.2, -0.15) is 0 Å². The highest BCUT2D eigenvalue weighted by Gasteiger charge is 2.36. The molecule has 1 aliphatic heterocycles. The average Bonchev–Trinajstić information content (AvgIpc) is 2.46. The molecule has 0 saturated carbocycles. The molecule has 1 unspecified atom stereocenters. The fraction of sp³-hybridized carbons (Fsp3) is 0.643. The molecule has 1 aliphatic rings. The SMILES string of the molecule is CCN(Cc1ccncc1)C1(CN)CCCOC1. The molecule has 1 aromatic heterocycles. The molecular weight excluding hydrogens is 226 g/mol. The number of hydrogen-bond acceptors (Lipinski definition) is 4. The van der Waals surface area contributed by atoms with Gasteiger partial charge in [0.15, 0.2) is 0 Å². The summed E-state index contributed by atoms with van der Waals surface area (Å²) in [7, 11) is 0. The summed E-state index contributed by atoms with van der Waals surface area (Å²) in [4.78, 5) is 6.51. The Hall–Kier alpha value is -0.970. The van der Waals surface area contributed by atoms with E-state index >= 15 is 0 Å². The van der Waals surface area contributed by atoms with E-state index in [1.807, 2.05) is 12.4 Å². The van der Waals surface area contributed by atoms with E-state index in [4.69, 9.17) is 10.5 Å². The van der Waals surface area contributed by atoms with Crippen molar-refractivity contribution in [3.05, 3.63) is 30.1 Å². The summed E-state index contributed by atoms with van der Waals surface area (Å²) in [6, 6.07) is 4.13. The smallest absolute Gasteiger partial charge is 0.0662 e. The molecule has 2 rings (SSSR count). The number of ether oxygens (including phenoxy) is 1. The minimum atomic E-state index is 0.0102. The van der Waals surface area contributed by atoms with Crippen molar-refractivity contribution in [1.82, 2.24) is 9.88 Å². The van der Waals surface area contributed by atoms with Crippen LogP contribution < -0.4 is 5.73 Å². The lowest BCUT2D eigenvalue weighted by Crippen LogP contribution is -2.58. The Balaban J connectivity index is 2.11. The molecule has 4 heteroatoms. The third-order valence-corrected chi connectivity index (χ3v) is 3.86. The molecule has 2 heterocycles. The second kappa shape index (κ2) is 6.27. The Morgan fingerprint density at radius 2 is 2.22 bits per heavy atom. The van der Waals surface area contributed by atoms with Crippen LogP contribution in [-0.2, 0) is 11.3 Å². The summed E-state index contributed by atoms with van der Waals surface area (Å²) in [5, 5.41) is 0. The van der Waals surface area contributed by atoms with Crippen LogP contribution in [0.5, 0.6) is 0 Å². The predicted octanol–water partition coefficient (Wildman–Crippen LogP) is 1.41. The van der Waals surface area contributed by atoms with Crippen LogP contribution in [0.3, 0.4) is 0 Å². The third-order valence-electron chi connectivity index (χ3n) is 3.86. The monoisotopic (exact) mass is 249 g/mol. The van der Waals surface area contributed by atoms with Crippen LogP contribution in [0, 0.1) is 0 Å². The zero-order valence-corrected chi connectivity index (χ0v) is 11.1. The van der Waals surface area contributed by atoms with Crippen molar-refractivity contribution in [2.24, 2.45) is 5.73 Å². The van der Waals surface area contributed by atoms with Gasteiger partial charge in [0, 0.05) is 32.1 Å². The molecule has 4 nitrogen and oxygen atoms in total. The number of hydrogen-bond donors (Lipinski definition) is 1. The van der Waals surface area contributed by atoms with Crippen molar-refractivity contribution in [2.45, 2.75) is 31.8 Å². The van der Waals surface area contributed by atoms with Crippen LogP contribution in [0.25, 0.3) is 0 Å². The second-order valence-corrected chi connectivity index (χ2v) is 4.95. The Bertz CT molecular complexity index is 349. The minimum absolute atomic E-state index is 0.0102. The van der Waals surface area contributed by atoms with Crippen molar-refractivity contribution < 1.29 is 4.74 Å². The zero-order valence-electron chi connectivity index (χ0n) is 11.1. The summed E-state index contributed by atoms with van der Waals surface area (Å²) in [6.45, 7) is 6.37. The highest BCUT2D eigenvalue weighted by molar-refractivity contribution is 5.10. The van der Waals surface area contributed by atoms with Gasteiger partial charge < -0.3 is 10.5 Å². The van der Waals surface area contributed by atoms with Crippen molar-refractivity contribution in [3.8, 4) is 0 Å². The summed E-state index contributed by atoms with van der Waals surface area (Å²) >= 11 is 0. The normalized spacial score (nSPS) is 24.4. The second-order valence-electron chi connectivity index (χ2n) is 4.95. The van der Waals surface area contributed by atoms with Crippen LogP contribution in [0.4, 0.5) is 0 Å². The molecule has 0 spiro atoms. The first-order valence-electron chi connectivity index (χ1n) is 6.72. The van der Waals surface area contributed by atoms with Gasteiger partial charge in [-0.3, -0.25) is 9.88 Å². The number of likely N-dealkylation sites (N-methyl/N-ethyl adjacent to an activating group) is 1. The van der Waals surface area contributed by atoms with Crippen LogP contribution in [0.1, 0.15) is 25.3 Å². The maximum atomic E-state index is 6.03. The maximum Gasteiger partial charge on any atom is 0.0662 e. The predicted molar refractivity (Wildman–Crippen MR) is 72.2 cm³/mol. The number of aromatic nitrogens is 1. The van der Waals surface area contributed by atoms with Crippen molar-refractivity contribution in [2.75, 3.05) is 26.3 Å². The topological polar surface area (TPSA) is 51.4 Å². The van der Waals surface area contributed by atoms with E-state index in [9.17, 15) is 0 Å². The third kappa shape index (κ3) is 2.88. The van der Waals surface area contributed by atoms with Crippen molar-refractivity contribution in [1.29, 1.82) is 0 Å². The molecule has 0 radical (unpaired) electrons. The first-order chi connectivity index (χ1) is 8.80. The highest BCUT2D eigenvalue weighted by atomic mass is 16.5. The van der Waals surface area contributed by atoms with E-state index in [0.717, 1.165) is 39.1 Å². The summed E-state index contributed by atoms with van der Waals surface area (Å²) < 4.78 is 5.66. The van der Waals surface area contributed by atoms with E-state index in [0.29, 0.717) is 6.54 Å². The van der Waals surface area contributed by atoms with E-state index in [1.54, 1.807) is 0 Å². The molecule has 2 N–H and O–H groups in total. The molecule has 100 valence electrons. The maximum absolute atomic E-state index is 6.03. The molecule has 1 fully saturated rings. The molecule has 18 heavy (non-hydrogen) atoms.